The van der Waals surface area contributed by atoms with Crippen molar-refractivity contribution in [1.82, 2.24) is 10.6 Å². The number of nitrogens with one attached hydrogen (secondary N) is 2. The summed E-state index contributed by atoms with van der Waals surface area (Å²) >= 11 is 0. The second-order valence-electron chi connectivity index (χ2n) is 24.9. The summed E-state index contributed by atoms with van der Waals surface area (Å²) in [5, 5.41) is 44.8. The summed E-state index contributed by atoms with van der Waals surface area (Å²) < 4.78 is 46.2. The Morgan fingerprint density at radius 2 is 0.644 bits per heavy atom. The molecule has 0 heterocycles. The highest BCUT2D eigenvalue weighted by molar-refractivity contribution is 5.80. The Morgan fingerprint density at radius 1 is 0.376 bits per heavy atom. The summed E-state index contributed by atoms with van der Waals surface area (Å²) in [5.41, 5.74) is 18.7. The lowest BCUT2D eigenvalue weighted by atomic mass is 9.80. The number of fused-ring (bicyclic) bond motifs is 6. The minimum atomic E-state index is -1.10. The summed E-state index contributed by atoms with van der Waals surface area (Å²) in [6.07, 6.45) is -3.74. The largest absolute Gasteiger partial charge is 0.497 e. The van der Waals surface area contributed by atoms with Gasteiger partial charge in [-0.1, -0.05) is 206 Å². The van der Waals surface area contributed by atoms with E-state index in [2.05, 4.69) is 47.0 Å². The van der Waals surface area contributed by atoms with E-state index in [-0.39, 0.29) is 44.9 Å². The van der Waals surface area contributed by atoms with Gasteiger partial charge in [0.05, 0.1) is 84.7 Å². The molecular weight excluding hydrogens is 1270 g/mol. The topological polar surface area (TPSA) is 239 Å². The van der Waals surface area contributed by atoms with Crippen LogP contribution >= 0.6 is 0 Å². The van der Waals surface area contributed by atoms with Crippen molar-refractivity contribution in [1.29, 1.82) is 0 Å². The first-order valence-corrected chi connectivity index (χ1v) is 33.7. The van der Waals surface area contributed by atoms with Gasteiger partial charge in [-0.3, -0.25) is 0 Å². The Hall–Kier alpha value is -10.3. The lowest BCUT2D eigenvalue weighted by Crippen LogP contribution is -2.48. The fourth-order valence-corrected chi connectivity index (χ4v) is 12.9. The lowest BCUT2D eigenvalue weighted by Gasteiger charge is -2.37. The third-order valence-corrected chi connectivity index (χ3v) is 18.6. The van der Waals surface area contributed by atoms with Crippen molar-refractivity contribution in [2.45, 2.75) is 80.2 Å². The van der Waals surface area contributed by atoms with E-state index in [1.165, 1.54) is 18.1 Å². The Kier molecular flexibility index (Phi) is 25.2. The maximum absolute atomic E-state index is 13.3. The molecule has 10 aromatic carbocycles. The second-order valence-corrected chi connectivity index (χ2v) is 24.9. The van der Waals surface area contributed by atoms with E-state index >= 15 is 0 Å². The molecular formula is C84H89N3O14. The monoisotopic (exact) mass is 1360 g/mol. The van der Waals surface area contributed by atoms with Gasteiger partial charge in [-0.2, -0.15) is 0 Å². The van der Waals surface area contributed by atoms with Crippen LogP contribution in [0.25, 0.3) is 22.3 Å². The van der Waals surface area contributed by atoms with E-state index in [0.29, 0.717) is 11.5 Å². The average molecular weight is 1360 g/mol. The summed E-state index contributed by atoms with van der Waals surface area (Å²) in [5.74, 6) is 2.85. The number of aliphatic hydroxyl groups excluding tert-OH is 4. The van der Waals surface area contributed by atoms with Gasteiger partial charge in [0.1, 0.15) is 47.4 Å². The van der Waals surface area contributed by atoms with E-state index < -0.39 is 59.8 Å². The molecule has 0 saturated heterocycles. The number of alkyl carbamates (subject to hydrolysis) is 2. The van der Waals surface area contributed by atoms with Crippen LogP contribution in [0.1, 0.15) is 88.2 Å². The van der Waals surface area contributed by atoms with E-state index in [4.69, 9.17) is 48.7 Å². The van der Waals surface area contributed by atoms with Gasteiger partial charge in [0.25, 0.3) is 0 Å². The number of nitrogens with two attached hydrogens (primary N) is 1. The summed E-state index contributed by atoms with van der Waals surface area (Å²) in [6.45, 7) is 4.98. The summed E-state index contributed by atoms with van der Waals surface area (Å²) in [7, 11) is 6.53. The first-order chi connectivity index (χ1) is 49.1. The number of ether oxygens (including phenoxy) is 8. The van der Waals surface area contributed by atoms with Crippen molar-refractivity contribution in [3.63, 3.8) is 0 Å². The molecule has 524 valence electrons. The van der Waals surface area contributed by atoms with Crippen molar-refractivity contribution in [2.75, 3.05) is 61.5 Å². The van der Waals surface area contributed by atoms with Gasteiger partial charge in [-0.25, -0.2) is 9.59 Å². The zero-order valence-electron chi connectivity index (χ0n) is 57.9. The number of aliphatic hydroxyl groups is 4. The highest BCUT2D eigenvalue weighted by Crippen LogP contribution is 2.47. The molecule has 0 fully saturated rings. The number of benzene rings is 10. The van der Waals surface area contributed by atoms with Gasteiger partial charge >= 0.3 is 12.2 Å². The van der Waals surface area contributed by atoms with Crippen LogP contribution in [0.3, 0.4) is 0 Å². The molecule has 2 aliphatic carbocycles. The minimum absolute atomic E-state index is 0.0118. The highest BCUT2D eigenvalue weighted by Gasteiger charge is 2.41. The molecule has 0 saturated carbocycles. The van der Waals surface area contributed by atoms with Crippen LogP contribution in [0.2, 0.25) is 0 Å². The summed E-state index contributed by atoms with van der Waals surface area (Å²) in [4.78, 5) is 25.2. The molecule has 17 heteroatoms. The van der Waals surface area contributed by atoms with Crippen molar-refractivity contribution in [2.24, 2.45) is 5.73 Å². The normalized spacial score (nSPS) is 14.0. The lowest BCUT2D eigenvalue weighted by molar-refractivity contribution is -0.0207. The zero-order chi connectivity index (χ0) is 71.5. The smallest absolute Gasteiger partial charge is 0.407 e. The molecule has 2 aliphatic rings. The highest BCUT2D eigenvalue weighted by atomic mass is 16.6. The van der Waals surface area contributed by atoms with E-state index in [1.54, 1.807) is 42.3 Å². The zero-order valence-corrected chi connectivity index (χ0v) is 57.9. The first kappa shape index (κ1) is 73.4. The fourth-order valence-electron chi connectivity index (χ4n) is 12.9. The molecule has 0 spiro atoms. The minimum Gasteiger partial charge on any atom is -0.497 e. The van der Waals surface area contributed by atoms with Gasteiger partial charge in [-0.05, 0) is 147 Å². The quantitative estimate of drug-likeness (QED) is 0.0250. The molecule has 0 bridgehead atoms. The predicted molar refractivity (Wildman–Crippen MR) is 391 cm³/mol. The Labute approximate surface area is 591 Å². The number of rotatable bonds is 26. The van der Waals surface area contributed by atoms with E-state index in [1.807, 2.05) is 218 Å². The SMILES string of the molecule is COc1ccc(C(OC[C@@H](N)[C@@H](C)O)(c2ccccc2)c2ccc(OC)cc2)cc1.COc1ccc(C(OC[C@@H](NC(=O)OCC2c3ccccc3-c3ccccc32)[C@@H](C)O)(c2ccccc2)c2ccc(OC)cc2)cc1.C[C@@H](O)[C@@H](CO)NC(=O)OCC1c2ccccc2-c2ccccc21. The molecule has 0 unspecified atom stereocenters. The molecule has 6 atom stereocenters. The molecule has 17 nitrogen and oxygen atoms in total. The average Bonchev–Trinajstić information content (AvgIpc) is 1.59. The molecule has 2 amide bonds. The van der Waals surface area contributed by atoms with Crippen molar-refractivity contribution >= 4 is 12.2 Å². The third-order valence-electron chi connectivity index (χ3n) is 18.6. The maximum atomic E-state index is 13.3. The van der Waals surface area contributed by atoms with Crippen LogP contribution in [0, 0.1) is 0 Å². The molecule has 10 aromatic rings. The second kappa shape index (κ2) is 34.6. The van der Waals surface area contributed by atoms with Crippen LogP contribution in [-0.2, 0) is 30.1 Å². The molecule has 101 heavy (non-hydrogen) atoms. The third kappa shape index (κ3) is 16.9. The van der Waals surface area contributed by atoms with Crippen LogP contribution < -0.4 is 35.3 Å². The predicted octanol–water partition coefficient (Wildman–Crippen LogP) is 13.3. The molecule has 0 aromatic heterocycles. The number of carbonyl (C=O) groups excluding carboxylic acids is 2. The number of hydrogen-bond donors (Lipinski definition) is 7. The number of carbonyl (C=O) groups is 2. The molecule has 8 N–H and O–H groups in total. The number of hydrogen-bond acceptors (Lipinski definition) is 15. The van der Waals surface area contributed by atoms with E-state index in [9.17, 15) is 24.9 Å². The molecule has 0 aliphatic heterocycles. The number of amides is 2. The van der Waals surface area contributed by atoms with Crippen LogP contribution in [0.15, 0.2) is 255 Å². The van der Waals surface area contributed by atoms with Crippen molar-refractivity contribution in [3.8, 4) is 45.3 Å². The van der Waals surface area contributed by atoms with Crippen LogP contribution in [0.4, 0.5) is 9.59 Å². The Balaban J connectivity index is 0.000000175. The van der Waals surface area contributed by atoms with Crippen molar-refractivity contribution in [3.05, 3.63) is 310 Å². The fraction of sp³-hybridized carbons (Fsp3) is 0.262. The van der Waals surface area contributed by atoms with Gasteiger partial charge in [0, 0.05) is 11.8 Å². The molecule has 12 rings (SSSR count). The van der Waals surface area contributed by atoms with Crippen LogP contribution in [0.5, 0.6) is 23.0 Å². The first-order valence-electron chi connectivity index (χ1n) is 33.7. The van der Waals surface area contributed by atoms with Gasteiger partial charge in [0.2, 0.25) is 0 Å². The van der Waals surface area contributed by atoms with Gasteiger partial charge < -0.3 is 74.7 Å². The van der Waals surface area contributed by atoms with Crippen LogP contribution in [-0.4, -0.2) is 131 Å². The van der Waals surface area contributed by atoms with Gasteiger partial charge in [-0.15, -0.1) is 0 Å². The molecule has 0 radical (unpaired) electrons. The Morgan fingerprint density at radius 3 is 0.921 bits per heavy atom. The summed E-state index contributed by atoms with van der Waals surface area (Å²) in [6, 6.07) is 81.5. The van der Waals surface area contributed by atoms with Gasteiger partial charge in [0.15, 0.2) is 0 Å². The Bertz CT molecular complexity index is 4070. The number of methoxy groups -OCH3 is 4. The standard InChI is InChI=1S/C40H39NO6.C25H29NO4.C19H21NO4/c1-27(42)38(41-39(43)46-25-37-35-15-9-7-13-33(35)34-14-8-10-16-36(34)37)26-47-40(28-11-5-4-6-12-28,29-17-21-31(44-2)22-18-29)30-19-23-32(45-3)24-20-30;1-18(27)24(26)17-30-25(19-7-5-4-6-8-19,20-9-13-22(28-2)14-10-20)21-11-15-23(29-3)16-12-21;1-12(22)18(10-21)20-19(23)24-11-17-15-8-4-2-6-13(15)14-7-3-5-9-16(14)17/h4-24,27,37-38,42H,25-26H2,1-3H3,(H,41,43);4-16,18,24,27H,17,26H2,1-3H3;2-9,12,17-18,21-22H,10-11H2,1H3,(H,20,23)/t27-,38-;18-,24-;12-,18-/m111/s1. The maximum Gasteiger partial charge on any atom is 0.407 e. The van der Waals surface area contributed by atoms with Crippen molar-refractivity contribution < 1.29 is 67.9 Å². The van der Waals surface area contributed by atoms with E-state index in [0.717, 1.165) is 78.3 Å².